The first kappa shape index (κ1) is 25.4. The number of hydrogen-bond acceptors (Lipinski definition) is 4. The third kappa shape index (κ3) is 5.54. The van der Waals surface area contributed by atoms with Crippen LogP contribution in [0.2, 0.25) is 0 Å². The zero-order chi connectivity index (χ0) is 25.7. The van der Waals surface area contributed by atoms with Crippen LogP contribution in [0.3, 0.4) is 0 Å². The van der Waals surface area contributed by atoms with Crippen LogP contribution >= 0.6 is 11.8 Å². The first-order chi connectivity index (χ1) is 18.1. The second-order valence-electron chi connectivity index (χ2n) is 9.94. The lowest BCUT2D eigenvalue weighted by atomic mass is 9.91. The summed E-state index contributed by atoms with van der Waals surface area (Å²) in [5, 5.41) is 7.16. The summed E-state index contributed by atoms with van der Waals surface area (Å²) >= 11 is 1.70. The number of thioether (sulfide) groups is 1. The van der Waals surface area contributed by atoms with E-state index in [-0.39, 0.29) is 24.1 Å². The molecule has 1 aliphatic carbocycles. The highest BCUT2D eigenvalue weighted by Crippen LogP contribution is 2.37. The Kier molecular flexibility index (Phi) is 7.84. The SMILES string of the molecule is O=C1NCCSCCN(C(=O)Cc2ccccc2)C2(CCCC2)C(=O)NC1Cc1c[nH]c2ccccc12. The Hall–Kier alpha value is -3.26. The molecule has 1 aromatic heterocycles. The van der Waals surface area contributed by atoms with Gasteiger partial charge in [-0.15, -0.1) is 0 Å². The van der Waals surface area contributed by atoms with Gasteiger partial charge >= 0.3 is 0 Å². The number of hydrogen-bond donors (Lipinski definition) is 3. The maximum atomic E-state index is 14.1. The molecule has 1 saturated heterocycles. The molecule has 1 unspecified atom stereocenters. The predicted octanol–water partition coefficient (Wildman–Crippen LogP) is 3.44. The van der Waals surface area contributed by atoms with Crippen molar-refractivity contribution in [2.45, 2.75) is 50.1 Å². The van der Waals surface area contributed by atoms with E-state index in [4.69, 9.17) is 0 Å². The maximum absolute atomic E-state index is 14.1. The fourth-order valence-corrected chi connectivity index (χ4v) is 6.43. The molecule has 3 aromatic rings. The minimum Gasteiger partial charge on any atom is -0.361 e. The van der Waals surface area contributed by atoms with Crippen molar-refractivity contribution in [3.8, 4) is 0 Å². The normalized spacial score (nSPS) is 20.8. The molecule has 1 atom stereocenters. The summed E-state index contributed by atoms with van der Waals surface area (Å²) in [5.74, 6) is 1.06. The molecule has 2 aliphatic rings. The zero-order valence-electron chi connectivity index (χ0n) is 21.0. The molecule has 194 valence electrons. The summed E-state index contributed by atoms with van der Waals surface area (Å²) < 4.78 is 0. The summed E-state index contributed by atoms with van der Waals surface area (Å²) in [6, 6.07) is 16.9. The second kappa shape index (κ2) is 11.4. The van der Waals surface area contributed by atoms with Crippen LogP contribution in [0.4, 0.5) is 0 Å². The van der Waals surface area contributed by atoms with E-state index in [0.29, 0.717) is 32.4 Å². The van der Waals surface area contributed by atoms with Gasteiger partial charge in [-0.25, -0.2) is 0 Å². The molecule has 1 aliphatic heterocycles. The molecule has 37 heavy (non-hydrogen) atoms. The molecule has 3 N–H and O–H groups in total. The van der Waals surface area contributed by atoms with E-state index in [1.165, 1.54) is 0 Å². The molecular formula is C29H34N4O3S. The third-order valence-electron chi connectivity index (χ3n) is 7.59. The van der Waals surface area contributed by atoms with Crippen LogP contribution in [-0.2, 0) is 27.2 Å². The van der Waals surface area contributed by atoms with Crippen molar-refractivity contribution in [3.63, 3.8) is 0 Å². The smallest absolute Gasteiger partial charge is 0.246 e. The minimum absolute atomic E-state index is 0.0291. The van der Waals surface area contributed by atoms with Gasteiger partial charge in [-0.05, 0) is 30.0 Å². The van der Waals surface area contributed by atoms with Gasteiger partial charge in [0, 0.05) is 48.1 Å². The van der Waals surface area contributed by atoms with E-state index in [1.807, 2.05) is 65.7 Å². The van der Waals surface area contributed by atoms with Crippen LogP contribution in [0, 0.1) is 0 Å². The largest absolute Gasteiger partial charge is 0.361 e. The van der Waals surface area contributed by atoms with Crippen molar-refractivity contribution in [1.29, 1.82) is 0 Å². The summed E-state index contributed by atoms with van der Waals surface area (Å²) in [4.78, 5) is 46.1. The Balaban J connectivity index is 1.44. The van der Waals surface area contributed by atoms with Gasteiger partial charge in [0.1, 0.15) is 11.6 Å². The highest BCUT2D eigenvalue weighted by Gasteiger charge is 2.49. The van der Waals surface area contributed by atoms with Gasteiger partial charge in [0.2, 0.25) is 17.7 Å². The summed E-state index contributed by atoms with van der Waals surface area (Å²) in [5.41, 5.74) is 2.00. The quantitative estimate of drug-likeness (QED) is 0.493. The summed E-state index contributed by atoms with van der Waals surface area (Å²) in [7, 11) is 0. The molecule has 2 aromatic carbocycles. The molecule has 0 radical (unpaired) electrons. The van der Waals surface area contributed by atoms with Gasteiger partial charge in [0.15, 0.2) is 0 Å². The molecule has 0 bridgehead atoms. The van der Waals surface area contributed by atoms with Crippen molar-refractivity contribution in [3.05, 3.63) is 71.9 Å². The topological polar surface area (TPSA) is 94.3 Å². The van der Waals surface area contributed by atoms with Crippen molar-refractivity contribution in [2.24, 2.45) is 0 Å². The van der Waals surface area contributed by atoms with Crippen LogP contribution < -0.4 is 10.6 Å². The van der Waals surface area contributed by atoms with Gasteiger partial charge in [-0.3, -0.25) is 14.4 Å². The number of fused-ring (bicyclic) bond motifs is 1. The van der Waals surface area contributed by atoms with Gasteiger partial charge in [0.25, 0.3) is 0 Å². The Morgan fingerprint density at radius 1 is 1.00 bits per heavy atom. The number of amides is 3. The molecule has 8 heteroatoms. The van der Waals surface area contributed by atoms with Gasteiger partial charge in [-0.2, -0.15) is 11.8 Å². The van der Waals surface area contributed by atoms with Crippen molar-refractivity contribution < 1.29 is 14.4 Å². The van der Waals surface area contributed by atoms with E-state index >= 15 is 0 Å². The highest BCUT2D eigenvalue weighted by molar-refractivity contribution is 7.99. The van der Waals surface area contributed by atoms with Crippen molar-refractivity contribution >= 4 is 40.4 Å². The molecule has 5 rings (SSSR count). The monoisotopic (exact) mass is 518 g/mol. The lowest BCUT2D eigenvalue weighted by Crippen LogP contribution is -2.63. The number of H-pyrrole nitrogens is 1. The molecule has 7 nitrogen and oxygen atoms in total. The molecular weight excluding hydrogens is 484 g/mol. The number of aromatic amines is 1. The van der Waals surface area contributed by atoms with Crippen molar-refractivity contribution in [2.75, 3.05) is 24.6 Å². The van der Waals surface area contributed by atoms with E-state index in [1.54, 1.807) is 11.8 Å². The molecule has 1 spiro atoms. The Morgan fingerprint density at radius 3 is 2.57 bits per heavy atom. The zero-order valence-corrected chi connectivity index (χ0v) is 21.8. The van der Waals surface area contributed by atoms with E-state index < -0.39 is 11.6 Å². The van der Waals surface area contributed by atoms with Crippen LogP contribution in [0.25, 0.3) is 10.9 Å². The Labute approximate surface area is 221 Å². The van der Waals surface area contributed by atoms with Crippen LogP contribution in [0.1, 0.15) is 36.8 Å². The average Bonchev–Trinajstić information content (AvgIpc) is 3.56. The minimum atomic E-state index is -0.926. The first-order valence-corrected chi connectivity index (χ1v) is 14.3. The van der Waals surface area contributed by atoms with Gasteiger partial charge < -0.3 is 20.5 Å². The predicted molar refractivity (Wildman–Crippen MR) is 147 cm³/mol. The number of carbonyl (C=O) groups excluding carboxylic acids is 3. The fraction of sp³-hybridized carbons (Fsp3) is 0.414. The molecule has 1 saturated carbocycles. The van der Waals surface area contributed by atoms with Crippen LogP contribution in [0.5, 0.6) is 0 Å². The molecule has 2 fully saturated rings. The number of nitrogens with one attached hydrogen (secondary N) is 3. The number of benzene rings is 2. The number of nitrogens with zero attached hydrogens (tertiary/aromatic N) is 1. The Bertz CT molecular complexity index is 1250. The van der Waals surface area contributed by atoms with Gasteiger partial charge in [0.05, 0.1) is 6.42 Å². The first-order valence-electron chi connectivity index (χ1n) is 13.1. The number of rotatable bonds is 4. The third-order valence-corrected chi connectivity index (χ3v) is 8.56. The van der Waals surface area contributed by atoms with Gasteiger partial charge in [-0.1, -0.05) is 61.4 Å². The highest BCUT2D eigenvalue weighted by atomic mass is 32.2. The second-order valence-corrected chi connectivity index (χ2v) is 11.2. The number of carbonyl (C=O) groups is 3. The fourth-order valence-electron chi connectivity index (χ4n) is 5.67. The van der Waals surface area contributed by atoms with E-state index in [9.17, 15) is 14.4 Å². The average molecular weight is 519 g/mol. The van der Waals surface area contributed by atoms with Crippen LogP contribution in [0.15, 0.2) is 60.8 Å². The van der Waals surface area contributed by atoms with E-state index in [0.717, 1.165) is 46.4 Å². The Morgan fingerprint density at radius 2 is 1.76 bits per heavy atom. The number of aromatic nitrogens is 1. The summed E-state index contributed by atoms with van der Waals surface area (Å²) in [6.07, 6.45) is 5.56. The maximum Gasteiger partial charge on any atom is 0.246 e. The van der Waals surface area contributed by atoms with Crippen molar-refractivity contribution in [1.82, 2.24) is 20.5 Å². The summed E-state index contributed by atoms with van der Waals surface area (Å²) in [6.45, 7) is 1.04. The lowest BCUT2D eigenvalue weighted by Gasteiger charge is -2.41. The molecule has 2 heterocycles. The number of para-hydroxylation sites is 1. The molecule has 3 amide bonds. The lowest BCUT2D eigenvalue weighted by molar-refractivity contribution is -0.148. The van der Waals surface area contributed by atoms with E-state index in [2.05, 4.69) is 15.6 Å². The van der Waals surface area contributed by atoms with Crippen LogP contribution in [-0.4, -0.2) is 63.8 Å². The standard InChI is InChI=1S/C29H34N4O3S/c34-26(18-21-8-2-1-3-9-21)33-15-17-37-16-14-30-27(35)25(32-28(36)29(33)12-6-7-13-29)19-22-20-31-24-11-5-4-10-23(22)24/h1-5,8-11,20,25,31H,6-7,12-19H2,(H,30,35)(H,32,36).